The molecule has 2 aromatic carbocycles. The van der Waals surface area contributed by atoms with Crippen LogP contribution >= 0.6 is 22.9 Å². The van der Waals surface area contributed by atoms with E-state index in [2.05, 4.69) is 0 Å². The predicted octanol–water partition coefficient (Wildman–Crippen LogP) is 3.50. The topological polar surface area (TPSA) is 91.6 Å². The van der Waals surface area contributed by atoms with Crippen molar-refractivity contribution >= 4 is 34.9 Å². The van der Waals surface area contributed by atoms with E-state index in [1.54, 1.807) is 67.0 Å². The van der Waals surface area contributed by atoms with Gasteiger partial charge in [-0.15, -0.1) is 0 Å². The van der Waals surface area contributed by atoms with Crippen molar-refractivity contribution < 1.29 is 23.7 Å². The standard InChI is InChI=1S/C28H28ClN3O6S/c1-6-31(7-2)27(34)24-15(3)30-28-32(25(24)18-12-17(35-4)8-9-20(18)36-5)26(33)23(39-28)11-16-10-21-22(13-19(16)29)38-14-37-21/h8-13,25H,6-7,14H2,1-5H3/b23-11+/t25-/m1/s1. The molecule has 5 rings (SSSR count). The van der Waals surface area contributed by atoms with Crippen LogP contribution in [0.3, 0.4) is 0 Å². The van der Waals surface area contributed by atoms with Crippen molar-refractivity contribution in [3.8, 4) is 23.0 Å². The number of carbonyl (C=O) groups excluding carboxylic acids is 1. The summed E-state index contributed by atoms with van der Waals surface area (Å²) in [6.07, 6.45) is 1.71. The Bertz CT molecular complexity index is 1670. The Morgan fingerprint density at radius 3 is 2.56 bits per heavy atom. The monoisotopic (exact) mass is 569 g/mol. The molecule has 0 radical (unpaired) electrons. The number of aromatic nitrogens is 1. The Kier molecular flexibility index (Phi) is 7.42. The van der Waals surface area contributed by atoms with E-state index in [4.69, 9.17) is 35.5 Å². The minimum absolute atomic E-state index is 0.113. The number of halogens is 1. The molecule has 0 saturated carbocycles. The highest BCUT2D eigenvalue weighted by Crippen LogP contribution is 2.39. The fourth-order valence-corrected chi connectivity index (χ4v) is 6.05. The second kappa shape index (κ2) is 10.8. The molecule has 0 bridgehead atoms. The zero-order valence-corrected chi connectivity index (χ0v) is 23.8. The maximum absolute atomic E-state index is 14.0. The van der Waals surface area contributed by atoms with Gasteiger partial charge in [-0.25, -0.2) is 4.99 Å². The van der Waals surface area contributed by atoms with Crippen LogP contribution in [0.5, 0.6) is 23.0 Å². The SMILES string of the molecule is CCN(CC)C(=O)C1=C(C)N=c2s/c(=C/c3cc4c(cc3Cl)OCO4)c(=O)n2[C@@H]1c1cc(OC)ccc1OC. The third-order valence-electron chi connectivity index (χ3n) is 6.81. The van der Waals surface area contributed by atoms with Crippen LogP contribution in [0.2, 0.25) is 5.02 Å². The average molecular weight is 570 g/mol. The maximum atomic E-state index is 14.0. The van der Waals surface area contributed by atoms with Gasteiger partial charge in [0, 0.05) is 24.7 Å². The molecule has 11 heteroatoms. The van der Waals surface area contributed by atoms with Gasteiger partial charge in [-0.05, 0) is 56.7 Å². The second-order valence-electron chi connectivity index (χ2n) is 8.89. The van der Waals surface area contributed by atoms with Gasteiger partial charge < -0.3 is 23.8 Å². The number of hydrogen-bond donors (Lipinski definition) is 0. The minimum Gasteiger partial charge on any atom is -0.497 e. The molecule has 0 spiro atoms. The lowest BCUT2D eigenvalue weighted by atomic mass is 9.93. The lowest BCUT2D eigenvalue weighted by molar-refractivity contribution is -0.127. The van der Waals surface area contributed by atoms with Crippen LogP contribution in [-0.4, -0.2) is 49.5 Å². The van der Waals surface area contributed by atoms with E-state index in [-0.39, 0.29) is 18.3 Å². The third kappa shape index (κ3) is 4.68. The van der Waals surface area contributed by atoms with Crippen molar-refractivity contribution in [1.82, 2.24) is 9.47 Å². The number of methoxy groups -OCH3 is 2. The van der Waals surface area contributed by atoms with Crippen LogP contribution in [0.1, 0.15) is 37.9 Å². The zero-order chi connectivity index (χ0) is 27.8. The number of carbonyl (C=O) groups is 1. The van der Waals surface area contributed by atoms with Crippen molar-refractivity contribution in [1.29, 1.82) is 0 Å². The fraction of sp³-hybridized carbons (Fsp3) is 0.321. The quantitative estimate of drug-likeness (QED) is 0.432. The first-order valence-electron chi connectivity index (χ1n) is 12.4. The van der Waals surface area contributed by atoms with Crippen molar-refractivity contribution in [3.05, 3.63) is 77.4 Å². The van der Waals surface area contributed by atoms with Crippen molar-refractivity contribution in [2.75, 3.05) is 34.1 Å². The first-order chi connectivity index (χ1) is 18.8. The first-order valence-corrected chi connectivity index (χ1v) is 13.6. The molecule has 3 aromatic rings. The minimum atomic E-state index is -0.784. The van der Waals surface area contributed by atoms with E-state index in [1.165, 1.54) is 11.3 Å². The number of amides is 1. The summed E-state index contributed by atoms with van der Waals surface area (Å²) in [7, 11) is 3.12. The normalized spacial score (nSPS) is 16.2. The van der Waals surface area contributed by atoms with E-state index >= 15 is 0 Å². The molecule has 1 amide bonds. The Morgan fingerprint density at radius 1 is 1.18 bits per heavy atom. The Labute approximate surface area is 234 Å². The highest BCUT2D eigenvalue weighted by atomic mass is 35.5. The molecule has 39 heavy (non-hydrogen) atoms. The highest BCUT2D eigenvalue weighted by Gasteiger charge is 2.36. The van der Waals surface area contributed by atoms with Crippen molar-refractivity contribution in [2.45, 2.75) is 26.8 Å². The molecular weight excluding hydrogens is 542 g/mol. The summed E-state index contributed by atoms with van der Waals surface area (Å²) < 4.78 is 24.0. The molecule has 0 N–H and O–H groups in total. The number of ether oxygens (including phenoxy) is 4. The number of fused-ring (bicyclic) bond motifs is 2. The second-order valence-corrected chi connectivity index (χ2v) is 10.3. The largest absolute Gasteiger partial charge is 0.497 e. The molecule has 0 unspecified atom stereocenters. The lowest BCUT2D eigenvalue weighted by Gasteiger charge is -2.30. The van der Waals surface area contributed by atoms with Gasteiger partial charge in [0.15, 0.2) is 16.3 Å². The van der Waals surface area contributed by atoms with Crippen LogP contribution < -0.4 is 33.8 Å². The number of allylic oxidation sites excluding steroid dienone is 1. The summed E-state index contributed by atoms with van der Waals surface area (Å²) in [4.78, 5) is 34.8. The molecule has 9 nitrogen and oxygen atoms in total. The maximum Gasteiger partial charge on any atom is 0.271 e. The van der Waals surface area contributed by atoms with E-state index in [0.29, 0.717) is 72.8 Å². The van der Waals surface area contributed by atoms with Gasteiger partial charge in [-0.1, -0.05) is 22.9 Å². The smallest absolute Gasteiger partial charge is 0.271 e. The summed E-state index contributed by atoms with van der Waals surface area (Å²) in [6.45, 7) is 6.78. The molecule has 3 heterocycles. The number of benzene rings is 2. The van der Waals surface area contributed by atoms with Gasteiger partial charge in [0.05, 0.1) is 35.0 Å². The van der Waals surface area contributed by atoms with Gasteiger partial charge in [0.25, 0.3) is 11.5 Å². The van der Waals surface area contributed by atoms with Crippen LogP contribution in [0, 0.1) is 0 Å². The van der Waals surface area contributed by atoms with E-state index < -0.39 is 6.04 Å². The van der Waals surface area contributed by atoms with Crippen molar-refractivity contribution in [2.24, 2.45) is 4.99 Å². The van der Waals surface area contributed by atoms with Crippen LogP contribution in [-0.2, 0) is 4.79 Å². The summed E-state index contributed by atoms with van der Waals surface area (Å²) in [5.74, 6) is 2.02. The predicted molar refractivity (Wildman–Crippen MR) is 149 cm³/mol. The van der Waals surface area contributed by atoms with Crippen LogP contribution in [0.15, 0.2) is 51.4 Å². The molecule has 0 saturated heterocycles. The summed E-state index contributed by atoms with van der Waals surface area (Å²) in [5.41, 5.74) is 1.87. The Balaban J connectivity index is 1.77. The molecule has 2 aliphatic heterocycles. The lowest BCUT2D eigenvalue weighted by Crippen LogP contribution is -2.43. The van der Waals surface area contributed by atoms with Gasteiger partial charge >= 0.3 is 0 Å². The zero-order valence-electron chi connectivity index (χ0n) is 22.2. The number of likely N-dealkylation sites (N-methyl/N-ethyl adjacent to an activating group) is 1. The first kappa shape index (κ1) is 26.8. The van der Waals surface area contributed by atoms with Gasteiger partial charge in [0.2, 0.25) is 6.79 Å². The number of thiazole rings is 1. The molecule has 0 fully saturated rings. The van der Waals surface area contributed by atoms with E-state index in [0.717, 1.165) is 0 Å². The van der Waals surface area contributed by atoms with Gasteiger partial charge in [-0.3, -0.25) is 14.2 Å². The molecule has 1 atom stereocenters. The van der Waals surface area contributed by atoms with Gasteiger partial charge in [-0.2, -0.15) is 0 Å². The highest BCUT2D eigenvalue weighted by molar-refractivity contribution is 7.07. The van der Waals surface area contributed by atoms with Gasteiger partial charge in [0.1, 0.15) is 17.5 Å². The van der Waals surface area contributed by atoms with Crippen LogP contribution in [0.4, 0.5) is 0 Å². The Hall–Kier alpha value is -3.76. The molecule has 0 aliphatic carbocycles. The fourth-order valence-electron chi connectivity index (χ4n) is 4.81. The number of nitrogens with zero attached hydrogens (tertiary/aromatic N) is 3. The summed E-state index contributed by atoms with van der Waals surface area (Å²) in [6, 6.07) is 7.97. The molecule has 1 aromatic heterocycles. The molecule has 2 aliphatic rings. The summed E-state index contributed by atoms with van der Waals surface area (Å²) in [5, 5.41) is 0.421. The third-order valence-corrected chi connectivity index (χ3v) is 8.12. The van der Waals surface area contributed by atoms with Crippen LogP contribution in [0.25, 0.3) is 6.08 Å². The van der Waals surface area contributed by atoms with E-state index in [9.17, 15) is 9.59 Å². The average Bonchev–Trinajstić information content (AvgIpc) is 3.51. The summed E-state index contributed by atoms with van der Waals surface area (Å²) >= 11 is 7.73. The van der Waals surface area contributed by atoms with Crippen molar-refractivity contribution in [3.63, 3.8) is 0 Å². The van der Waals surface area contributed by atoms with E-state index in [1.807, 2.05) is 13.8 Å². The molecular formula is C28H28ClN3O6S. The number of hydrogen-bond acceptors (Lipinski definition) is 8. The molecule has 204 valence electrons. The Morgan fingerprint density at radius 2 is 1.90 bits per heavy atom. The number of rotatable bonds is 7.